The van der Waals surface area contributed by atoms with Crippen molar-refractivity contribution in [1.82, 2.24) is 9.13 Å². The van der Waals surface area contributed by atoms with Gasteiger partial charge in [-0.3, -0.25) is 19.2 Å². The Bertz CT molecular complexity index is 1360. The van der Waals surface area contributed by atoms with Crippen molar-refractivity contribution >= 4 is 32.6 Å². The van der Waals surface area contributed by atoms with E-state index in [1.807, 2.05) is 0 Å². The third kappa shape index (κ3) is 3.02. The molecule has 0 aliphatic heterocycles. The smallest absolute Gasteiger partial charge is 0.299 e. The van der Waals surface area contributed by atoms with Crippen molar-refractivity contribution in [2.75, 3.05) is 0 Å². The number of aromatic nitrogens is 2. The molecular formula is C24H26N2O4. The second kappa shape index (κ2) is 7.35. The van der Waals surface area contributed by atoms with Crippen LogP contribution >= 0.6 is 0 Å². The lowest BCUT2D eigenvalue weighted by molar-refractivity contribution is 0.518. The molecule has 0 saturated carbocycles. The van der Waals surface area contributed by atoms with Crippen molar-refractivity contribution in [3.05, 3.63) is 65.4 Å². The fourth-order valence-electron chi connectivity index (χ4n) is 4.20. The van der Waals surface area contributed by atoms with Gasteiger partial charge in [-0.25, -0.2) is 0 Å². The molecule has 0 radical (unpaired) electrons. The first-order valence-electron chi connectivity index (χ1n) is 10.5. The summed E-state index contributed by atoms with van der Waals surface area (Å²) >= 11 is 0. The fourth-order valence-corrected chi connectivity index (χ4v) is 4.20. The molecule has 4 rings (SSSR count). The van der Waals surface area contributed by atoms with E-state index in [1.165, 1.54) is 0 Å². The van der Waals surface area contributed by atoms with Gasteiger partial charge in [0, 0.05) is 23.9 Å². The van der Waals surface area contributed by atoms with Gasteiger partial charge in [0.25, 0.3) is 22.0 Å². The molecule has 0 saturated heterocycles. The predicted octanol–water partition coefficient (Wildman–Crippen LogP) is 3.16. The van der Waals surface area contributed by atoms with E-state index in [9.17, 15) is 19.2 Å². The van der Waals surface area contributed by atoms with Crippen LogP contribution in [0, 0.1) is 11.8 Å². The first-order valence-corrected chi connectivity index (χ1v) is 10.5. The van der Waals surface area contributed by atoms with Crippen LogP contribution in [0.2, 0.25) is 0 Å². The molecule has 6 heteroatoms. The Morgan fingerprint density at radius 1 is 0.600 bits per heavy atom. The van der Waals surface area contributed by atoms with Crippen molar-refractivity contribution < 1.29 is 0 Å². The van der Waals surface area contributed by atoms with Crippen LogP contribution in [0.25, 0.3) is 32.6 Å². The largest absolute Gasteiger partial charge is 0.304 e. The third-order valence-electron chi connectivity index (χ3n) is 5.91. The van der Waals surface area contributed by atoms with E-state index in [0.29, 0.717) is 46.7 Å². The predicted molar refractivity (Wildman–Crippen MR) is 121 cm³/mol. The highest BCUT2D eigenvalue weighted by molar-refractivity contribution is 6.15. The first-order chi connectivity index (χ1) is 14.2. The minimum atomic E-state index is -0.512. The molecule has 4 aromatic rings. The summed E-state index contributed by atoms with van der Waals surface area (Å²) in [5.74, 6) is 0.774. The molecule has 156 valence electrons. The average Bonchev–Trinajstić information content (AvgIpc) is 3.10. The number of nitrogens with zero attached hydrogens (tertiary/aromatic N) is 2. The Labute approximate surface area is 173 Å². The molecule has 6 nitrogen and oxygen atoms in total. The molecule has 0 aliphatic rings. The minimum absolute atomic E-state index is 0.387. The molecule has 0 aliphatic carbocycles. The molecule has 0 fully saturated rings. The highest BCUT2D eigenvalue weighted by atomic mass is 16.2. The fraction of sp³-hybridized carbons (Fsp3) is 0.417. The first kappa shape index (κ1) is 20.3. The van der Waals surface area contributed by atoms with Gasteiger partial charge in [-0.05, 0) is 36.8 Å². The van der Waals surface area contributed by atoms with Crippen molar-refractivity contribution in [2.24, 2.45) is 11.8 Å². The van der Waals surface area contributed by atoms with Crippen LogP contribution in [-0.2, 0) is 13.1 Å². The molecule has 30 heavy (non-hydrogen) atoms. The maximum absolute atomic E-state index is 12.7. The van der Waals surface area contributed by atoms with Crippen molar-refractivity contribution in [2.45, 2.75) is 53.6 Å². The quantitative estimate of drug-likeness (QED) is 0.461. The van der Waals surface area contributed by atoms with Crippen molar-refractivity contribution in [3.63, 3.8) is 0 Å². The van der Waals surface area contributed by atoms with Crippen molar-refractivity contribution in [1.29, 1.82) is 0 Å². The highest BCUT2D eigenvalue weighted by Gasteiger charge is 2.20. The zero-order valence-electron chi connectivity index (χ0n) is 17.8. The summed E-state index contributed by atoms with van der Waals surface area (Å²) in [6, 6.07) is 6.83. The Kier molecular flexibility index (Phi) is 4.96. The van der Waals surface area contributed by atoms with Crippen LogP contribution in [0.15, 0.2) is 43.4 Å². The Balaban J connectivity index is 2.10. The summed E-state index contributed by atoms with van der Waals surface area (Å²) in [4.78, 5) is 50.4. The zero-order chi connectivity index (χ0) is 21.7. The van der Waals surface area contributed by atoms with E-state index in [4.69, 9.17) is 0 Å². The number of hydrogen-bond acceptors (Lipinski definition) is 4. The van der Waals surface area contributed by atoms with Crippen LogP contribution in [0.3, 0.4) is 0 Å². The Morgan fingerprint density at radius 3 is 1.27 bits per heavy atom. The van der Waals surface area contributed by atoms with Gasteiger partial charge in [0.05, 0.1) is 21.8 Å². The molecule has 0 bridgehead atoms. The van der Waals surface area contributed by atoms with Crippen LogP contribution in [-0.4, -0.2) is 9.13 Å². The molecular weight excluding hydrogens is 380 g/mol. The maximum Gasteiger partial charge on any atom is 0.299 e. The van der Waals surface area contributed by atoms with Crippen LogP contribution in [0.4, 0.5) is 0 Å². The molecule has 0 atom stereocenters. The number of hydrogen-bond donors (Lipinski definition) is 0. The summed E-state index contributed by atoms with van der Waals surface area (Å²) in [7, 11) is 0. The molecule has 0 unspecified atom stereocenters. The molecule has 2 heterocycles. The van der Waals surface area contributed by atoms with Crippen LogP contribution < -0.4 is 22.0 Å². The summed E-state index contributed by atoms with van der Waals surface area (Å²) in [5, 5.41) is 2.23. The van der Waals surface area contributed by atoms with E-state index in [2.05, 4.69) is 27.7 Å². The Morgan fingerprint density at radius 2 is 0.933 bits per heavy atom. The summed E-state index contributed by atoms with van der Waals surface area (Å²) in [6.45, 7) is 9.21. The summed E-state index contributed by atoms with van der Waals surface area (Å²) in [5.41, 5.74) is -0.826. The number of rotatable bonds is 6. The lowest BCUT2D eigenvalue weighted by atomic mass is 10.0. The molecule has 2 aromatic carbocycles. The summed E-state index contributed by atoms with van der Waals surface area (Å²) in [6.07, 6.45) is 1.55. The van der Waals surface area contributed by atoms with E-state index < -0.39 is 22.0 Å². The zero-order valence-corrected chi connectivity index (χ0v) is 17.8. The molecule has 2 aromatic heterocycles. The number of aryl methyl sites for hydroxylation is 2. The second-order valence-corrected chi connectivity index (χ2v) is 8.96. The minimum Gasteiger partial charge on any atom is -0.304 e. The van der Waals surface area contributed by atoms with Crippen molar-refractivity contribution in [3.8, 4) is 0 Å². The topological polar surface area (TPSA) is 78.1 Å². The summed E-state index contributed by atoms with van der Waals surface area (Å²) < 4.78 is 3.12. The third-order valence-corrected chi connectivity index (χ3v) is 5.91. The monoisotopic (exact) mass is 406 g/mol. The highest BCUT2D eigenvalue weighted by Crippen LogP contribution is 2.29. The van der Waals surface area contributed by atoms with E-state index in [-0.39, 0.29) is 0 Å². The van der Waals surface area contributed by atoms with Gasteiger partial charge < -0.3 is 9.13 Å². The van der Waals surface area contributed by atoms with E-state index in [1.54, 1.807) is 33.4 Å². The molecule has 0 N–H and O–H groups in total. The van der Waals surface area contributed by atoms with E-state index in [0.717, 1.165) is 23.6 Å². The normalized spacial score (nSPS) is 12.3. The van der Waals surface area contributed by atoms with Crippen LogP contribution in [0.5, 0.6) is 0 Å². The van der Waals surface area contributed by atoms with Gasteiger partial charge in [-0.15, -0.1) is 0 Å². The number of fused-ring (bicyclic) bond motifs is 5. The van der Waals surface area contributed by atoms with Gasteiger partial charge in [0.15, 0.2) is 0 Å². The van der Waals surface area contributed by atoms with Crippen LogP contribution in [0.1, 0.15) is 40.5 Å². The maximum atomic E-state index is 12.7. The van der Waals surface area contributed by atoms with Gasteiger partial charge in [-0.1, -0.05) is 39.8 Å². The molecule has 0 amide bonds. The van der Waals surface area contributed by atoms with E-state index >= 15 is 0 Å². The van der Waals surface area contributed by atoms with Gasteiger partial charge in [-0.2, -0.15) is 0 Å². The second-order valence-electron chi connectivity index (χ2n) is 8.96. The lowest BCUT2D eigenvalue weighted by Gasteiger charge is -2.11. The SMILES string of the molecule is CC(C)CCn1c(=O)c(=O)c2ccc3c(ccc4c(=O)c(=O)n(CCC(C)C)c43)c21. The lowest BCUT2D eigenvalue weighted by Crippen LogP contribution is -2.27. The molecule has 0 spiro atoms. The standard InChI is InChI=1S/C24H26N2O4/c1-13(2)9-11-25-19-15-5-8-18-20(16(15)6-7-17(19)21(27)23(25)29)26(12-10-14(3)4)24(30)22(18)28/h5-8,13-14H,9-12H2,1-4H3. The van der Waals surface area contributed by atoms with Gasteiger partial charge in [0.2, 0.25) is 0 Å². The Hall–Kier alpha value is -3.02. The number of benzene rings is 2. The van der Waals surface area contributed by atoms with Gasteiger partial charge in [0.1, 0.15) is 0 Å². The average molecular weight is 406 g/mol. The van der Waals surface area contributed by atoms with Gasteiger partial charge >= 0.3 is 0 Å².